The molecule has 1 rings (SSSR count). The molecule has 10 heteroatoms. The fourth-order valence-corrected chi connectivity index (χ4v) is 2.75. The zero-order valence-corrected chi connectivity index (χ0v) is 17.6. The SMILES string of the molecule is COC(=O)[C@@H]1C[C@@H](N(C(=O)CN)C(=O)OC(C)(C)C)CN1C(=O)OC(C)(C)C. The summed E-state index contributed by atoms with van der Waals surface area (Å²) in [7, 11) is 1.19. The fraction of sp³-hybridized carbons (Fsp3) is 0.778. The molecule has 1 aliphatic heterocycles. The van der Waals surface area contributed by atoms with Crippen molar-refractivity contribution in [1.82, 2.24) is 9.80 Å². The number of amides is 3. The first kappa shape index (κ1) is 23.7. The maximum absolute atomic E-state index is 12.6. The second-order valence-electron chi connectivity index (χ2n) is 8.51. The van der Waals surface area contributed by atoms with Crippen LogP contribution in [0.25, 0.3) is 0 Å². The first-order chi connectivity index (χ1) is 12.7. The van der Waals surface area contributed by atoms with Gasteiger partial charge in [0.1, 0.15) is 17.2 Å². The molecule has 0 saturated carbocycles. The third-order valence-electron chi connectivity index (χ3n) is 3.78. The van der Waals surface area contributed by atoms with Crippen LogP contribution >= 0.6 is 0 Å². The van der Waals surface area contributed by atoms with E-state index in [9.17, 15) is 19.2 Å². The number of imide groups is 1. The largest absolute Gasteiger partial charge is 0.467 e. The summed E-state index contributed by atoms with van der Waals surface area (Å²) >= 11 is 0. The van der Waals surface area contributed by atoms with Crippen LogP contribution in [0.1, 0.15) is 48.0 Å². The van der Waals surface area contributed by atoms with Gasteiger partial charge in [-0.25, -0.2) is 19.3 Å². The summed E-state index contributed by atoms with van der Waals surface area (Å²) in [5, 5.41) is 0. The fourth-order valence-electron chi connectivity index (χ4n) is 2.75. The van der Waals surface area contributed by atoms with Crippen LogP contribution in [0.3, 0.4) is 0 Å². The summed E-state index contributed by atoms with van der Waals surface area (Å²) in [5.41, 5.74) is 3.82. The van der Waals surface area contributed by atoms with Gasteiger partial charge in [-0.3, -0.25) is 9.69 Å². The molecule has 0 aliphatic carbocycles. The molecule has 1 heterocycles. The van der Waals surface area contributed by atoms with E-state index in [0.717, 1.165) is 9.80 Å². The molecular weight excluding hydrogens is 370 g/mol. The van der Waals surface area contributed by atoms with Gasteiger partial charge in [0, 0.05) is 13.0 Å². The zero-order valence-electron chi connectivity index (χ0n) is 17.6. The minimum absolute atomic E-state index is 0.00308. The van der Waals surface area contributed by atoms with E-state index in [1.807, 2.05) is 0 Å². The average Bonchev–Trinajstić information content (AvgIpc) is 2.95. The van der Waals surface area contributed by atoms with Crippen LogP contribution in [0.15, 0.2) is 0 Å². The highest BCUT2D eigenvalue weighted by atomic mass is 16.6. The van der Waals surface area contributed by atoms with Crippen LogP contribution in [0, 0.1) is 0 Å². The molecule has 1 fully saturated rings. The predicted octanol–water partition coefficient (Wildman–Crippen LogP) is 1.26. The van der Waals surface area contributed by atoms with Crippen LogP contribution in [0.5, 0.6) is 0 Å². The van der Waals surface area contributed by atoms with E-state index in [2.05, 4.69) is 0 Å². The minimum atomic E-state index is -1.000. The van der Waals surface area contributed by atoms with Crippen LogP contribution < -0.4 is 5.73 Å². The molecule has 10 nitrogen and oxygen atoms in total. The van der Waals surface area contributed by atoms with Crippen LogP contribution in [0.4, 0.5) is 9.59 Å². The molecule has 0 radical (unpaired) electrons. The van der Waals surface area contributed by atoms with E-state index in [0.29, 0.717) is 0 Å². The molecule has 0 aromatic heterocycles. The van der Waals surface area contributed by atoms with Crippen molar-refractivity contribution < 1.29 is 33.4 Å². The molecule has 2 N–H and O–H groups in total. The van der Waals surface area contributed by atoms with Crippen molar-refractivity contribution in [1.29, 1.82) is 0 Å². The molecule has 0 aromatic carbocycles. The van der Waals surface area contributed by atoms with E-state index < -0.39 is 53.9 Å². The van der Waals surface area contributed by atoms with Gasteiger partial charge in [0.2, 0.25) is 5.91 Å². The molecule has 160 valence electrons. The van der Waals surface area contributed by atoms with E-state index >= 15 is 0 Å². The van der Waals surface area contributed by atoms with Crippen molar-refractivity contribution in [2.45, 2.75) is 71.2 Å². The molecular formula is C18H31N3O7. The number of esters is 1. The Hall–Kier alpha value is -2.36. The summed E-state index contributed by atoms with van der Waals surface area (Å²) < 4.78 is 15.4. The summed E-state index contributed by atoms with van der Waals surface area (Å²) in [4.78, 5) is 51.7. The maximum Gasteiger partial charge on any atom is 0.417 e. The van der Waals surface area contributed by atoms with Crippen molar-refractivity contribution in [3.8, 4) is 0 Å². The second-order valence-corrected chi connectivity index (χ2v) is 8.51. The number of methoxy groups -OCH3 is 1. The highest BCUT2D eigenvalue weighted by Gasteiger charge is 2.47. The zero-order chi connectivity index (χ0) is 21.9. The number of ether oxygens (including phenoxy) is 3. The van der Waals surface area contributed by atoms with Crippen molar-refractivity contribution >= 4 is 24.1 Å². The molecule has 0 unspecified atom stereocenters. The topological polar surface area (TPSA) is 128 Å². The second kappa shape index (κ2) is 8.76. The first-order valence-electron chi connectivity index (χ1n) is 9.02. The van der Waals surface area contributed by atoms with E-state index in [4.69, 9.17) is 19.9 Å². The number of nitrogens with zero attached hydrogens (tertiary/aromatic N) is 2. The van der Waals surface area contributed by atoms with Crippen molar-refractivity contribution in [2.75, 3.05) is 20.2 Å². The first-order valence-corrected chi connectivity index (χ1v) is 9.02. The molecule has 3 amide bonds. The Morgan fingerprint density at radius 2 is 1.57 bits per heavy atom. The monoisotopic (exact) mass is 401 g/mol. The number of carbonyl (C=O) groups excluding carboxylic acids is 4. The quantitative estimate of drug-likeness (QED) is 0.553. The number of rotatable bonds is 3. The van der Waals surface area contributed by atoms with Gasteiger partial charge < -0.3 is 19.9 Å². The lowest BCUT2D eigenvalue weighted by molar-refractivity contribution is -0.145. The Morgan fingerprint density at radius 3 is 2.00 bits per heavy atom. The Labute approximate surface area is 165 Å². The molecule has 0 bridgehead atoms. The van der Waals surface area contributed by atoms with Gasteiger partial charge >= 0.3 is 18.2 Å². The van der Waals surface area contributed by atoms with E-state index in [-0.39, 0.29) is 13.0 Å². The lowest BCUT2D eigenvalue weighted by Crippen LogP contribution is -2.50. The van der Waals surface area contributed by atoms with Gasteiger partial charge in [-0.05, 0) is 41.5 Å². The minimum Gasteiger partial charge on any atom is -0.467 e. The van der Waals surface area contributed by atoms with Crippen molar-refractivity contribution in [2.24, 2.45) is 5.73 Å². The van der Waals surface area contributed by atoms with Crippen molar-refractivity contribution in [3.63, 3.8) is 0 Å². The normalized spacial score (nSPS) is 19.8. The summed E-state index contributed by atoms with van der Waals surface area (Å²) in [6, 6.07) is -1.80. The summed E-state index contributed by atoms with van der Waals surface area (Å²) in [6.07, 6.45) is -1.63. The van der Waals surface area contributed by atoms with Gasteiger partial charge in [-0.1, -0.05) is 0 Å². The van der Waals surface area contributed by atoms with E-state index in [1.165, 1.54) is 7.11 Å². The number of hydrogen-bond acceptors (Lipinski definition) is 8. The number of nitrogens with two attached hydrogens (primary N) is 1. The number of likely N-dealkylation sites (tertiary alicyclic amines) is 1. The third-order valence-corrected chi connectivity index (χ3v) is 3.78. The van der Waals surface area contributed by atoms with Crippen LogP contribution in [0.2, 0.25) is 0 Å². The van der Waals surface area contributed by atoms with Gasteiger partial charge in [-0.15, -0.1) is 0 Å². The van der Waals surface area contributed by atoms with E-state index in [1.54, 1.807) is 41.5 Å². The molecule has 1 saturated heterocycles. The lowest BCUT2D eigenvalue weighted by atomic mass is 10.1. The van der Waals surface area contributed by atoms with Gasteiger partial charge in [0.15, 0.2) is 0 Å². The Kier molecular flexibility index (Phi) is 7.41. The van der Waals surface area contributed by atoms with Gasteiger partial charge in [-0.2, -0.15) is 0 Å². The predicted molar refractivity (Wildman–Crippen MR) is 99.3 cm³/mol. The van der Waals surface area contributed by atoms with Crippen LogP contribution in [-0.2, 0) is 23.8 Å². The number of hydrogen-bond donors (Lipinski definition) is 1. The number of carbonyl (C=O) groups is 4. The Bertz CT molecular complexity index is 622. The molecule has 28 heavy (non-hydrogen) atoms. The smallest absolute Gasteiger partial charge is 0.417 e. The van der Waals surface area contributed by atoms with Gasteiger partial charge in [0.05, 0.1) is 19.7 Å². The summed E-state index contributed by atoms with van der Waals surface area (Å²) in [6.45, 7) is 9.53. The third kappa shape index (κ3) is 6.36. The van der Waals surface area contributed by atoms with Gasteiger partial charge in [0.25, 0.3) is 0 Å². The lowest BCUT2D eigenvalue weighted by Gasteiger charge is -2.30. The summed E-state index contributed by atoms with van der Waals surface area (Å²) in [5.74, 6) is -1.34. The standard InChI is InChI=1S/C18H31N3O7/c1-17(2,3)27-15(24)20-10-11(8-12(20)14(23)26-7)21(13(22)9-19)16(25)28-18(4,5)6/h11-12H,8-10,19H2,1-7H3/t11-,12+/m1/s1. The highest BCUT2D eigenvalue weighted by Crippen LogP contribution is 2.27. The molecule has 0 aromatic rings. The van der Waals surface area contributed by atoms with Crippen LogP contribution in [-0.4, -0.2) is 77.3 Å². The molecule has 0 spiro atoms. The average molecular weight is 401 g/mol. The molecule has 1 aliphatic rings. The molecule has 2 atom stereocenters. The Balaban J connectivity index is 3.16. The maximum atomic E-state index is 12.6. The highest BCUT2D eigenvalue weighted by molar-refractivity contribution is 5.94. The Morgan fingerprint density at radius 1 is 1.04 bits per heavy atom. The van der Waals surface area contributed by atoms with Crippen molar-refractivity contribution in [3.05, 3.63) is 0 Å².